The number of aromatic nitrogens is 2. The third-order valence-electron chi connectivity index (χ3n) is 3.65. The predicted molar refractivity (Wildman–Crippen MR) is 91.0 cm³/mol. The molecular formula is C15H13F2N3O4S2. The molecule has 0 aliphatic heterocycles. The van der Waals surface area contributed by atoms with Crippen LogP contribution in [-0.4, -0.2) is 29.0 Å². The Kier molecular flexibility index (Phi) is 4.78. The average molecular weight is 401 g/mol. The van der Waals surface area contributed by atoms with Gasteiger partial charge in [0.2, 0.25) is 10.0 Å². The van der Waals surface area contributed by atoms with E-state index in [9.17, 15) is 22.0 Å². The number of nitrogens with zero attached hydrogens (tertiary/aromatic N) is 2. The number of nitrogens with one attached hydrogen (secondary N) is 1. The summed E-state index contributed by atoms with van der Waals surface area (Å²) in [6.07, 6.45) is 0. The van der Waals surface area contributed by atoms with Crippen LogP contribution in [-0.2, 0) is 10.0 Å². The summed E-state index contributed by atoms with van der Waals surface area (Å²) >= 11 is 0.760. The second-order valence-electron chi connectivity index (χ2n) is 5.37. The van der Waals surface area contributed by atoms with Crippen molar-refractivity contribution in [2.75, 3.05) is 0 Å². The molecule has 0 aliphatic rings. The minimum absolute atomic E-state index is 0.170. The van der Waals surface area contributed by atoms with E-state index in [2.05, 4.69) is 9.71 Å². The van der Waals surface area contributed by atoms with E-state index in [1.165, 1.54) is 18.4 Å². The van der Waals surface area contributed by atoms with E-state index < -0.39 is 33.5 Å². The van der Waals surface area contributed by atoms with Gasteiger partial charge in [0.1, 0.15) is 15.6 Å². The van der Waals surface area contributed by atoms with E-state index in [-0.39, 0.29) is 16.2 Å². The number of imidazole rings is 1. The summed E-state index contributed by atoms with van der Waals surface area (Å²) in [6.45, 7) is -1.55. The standard InChI is InChI=1S/C15H13F2N3O4S2/c1-8(19-26(23,24)11-6-7-25-12(11)14(21)22)13-18-9-4-2-3-5-10(9)20(13)15(16)17/h2-8,15,19H,1H3,(H,21,22). The van der Waals surface area contributed by atoms with Crippen LogP contribution in [0.1, 0.15) is 35.0 Å². The summed E-state index contributed by atoms with van der Waals surface area (Å²) in [5.74, 6) is -1.55. The quantitative estimate of drug-likeness (QED) is 0.660. The van der Waals surface area contributed by atoms with Crippen molar-refractivity contribution in [3.8, 4) is 0 Å². The molecule has 7 nitrogen and oxygen atoms in total. The van der Waals surface area contributed by atoms with Crippen LogP contribution in [0.5, 0.6) is 0 Å². The van der Waals surface area contributed by atoms with Crippen molar-refractivity contribution in [2.45, 2.75) is 24.4 Å². The second-order valence-corrected chi connectivity index (χ2v) is 7.97. The van der Waals surface area contributed by atoms with Gasteiger partial charge in [0.05, 0.1) is 17.1 Å². The first-order chi connectivity index (χ1) is 12.2. The Labute approximate surface area is 151 Å². The van der Waals surface area contributed by atoms with Gasteiger partial charge in [-0.1, -0.05) is 12.1 Å². The van der Waals surface area contributed by atoms with E-state index in [1.807, 2.05) is 0 Å². The lowest BCUT2D eigenvalue weighted by atomic mass is 10.3. The molecule has 3 aromatic rings. The van der Waals surface area contributed by atoms with Gasteiger partial charge in [0.25, 0.3) is 0 Å². The molecule has 138 valence electrons. The topological polar surface area (TPSA) is 101 Å². The van der Waals surface area contributed by atoms with Gasteiger partial charge in [-0.05, 0) is 30.5 Å². The first-order valence-electron chi connectivity index (χ1n) is 7.30. The zero-order valence-electron chi connectivity index (χ0n) is 13.3. The normalized spacial score (nSPS) is 13.4. The number of benzene rings is 1. The van der Waals surface area contributed by atoms with Crippen LogP contribution in [0.4, 0.5) is 8.78 Å². The zero-order valence-corrected chi connectivity index (χ0v) is 14.9. The molecule has 11 heteroatoms. The highest BCUT2D eigenvalue weighted by Gasteiger charge is 2.29. The molecule has 0 bridgehead atoms. The summed E-state index contributed by atoms with van der Waals surface area (Å²) in [4.78, 5) is 14.5. The zero-order chi connectivity index (χ0) is 19.1. The van der Waals surface area contributed by atoms with Crippen molar-refractivity contribution in [3.63, 3.8) is 0 Å². The molecule has 2 aromatic heterocycles. The molecular weight excluding hydrogens is 388 g/mol. The highest BCUT2D eigenvalue weighted by atomic mass is 32.2. The summed E-state index contributed by atoms with van der Waals surface area (Å²) in [7, 11) is -4.24. The molecule has 0 fully saturated rings. The monoisotopic (exact) mass is 401 g/mol. The van der Waals surface area contributed by atoms with Crippen LogP contribution in [0.25, 0.3) is 11.0 Å². The first kappa shape index (κ1) is 18.4. The van der Waals surface area contributed by atoms with Crippen molar-refractivity contribution in [2.24, 2.45) is 0 Å². The van der Waals surface area contributed by atoms with Crippen molar-refractivity contribution >= 4 is 38.4 Å². The number of aromatic carboxylic acids is 1. The molecule has 2 heterocycles. The lowest BCUT2D eigenvalue weighted by molar-refractivity contribution is 0.0694. The van der Waals surface area contributed by atoms with Gasteiger partial charge in [-0.25, -0.2) is 22.9 Å². The van der Waals surface area contributed by atoms with Crippen molar-refractivity contribution in [1.29, 1.82) is 0 Å². The van der Waals surface area contributed by atoms with Crippen molar-refractivity contribution < 1.29 is 27.1 Å². The Morgan fingerprint density at radius 2 is 2.00 bits per heavy atom. The molecule has 3 rings (SSSR count). The van der Waals surface area contributed by atoms with Gasteiger partial charge in [0, 0.05) is 0 Å². The molecule has 2 N–H and O–H groups in total. The minimum atomic E-state index is -4.24. The van der Waals surface area contributed by atoms with Crippen molar-refractivity contribution in [3.05, 3.63) is 46.4 Å². The number of halogens is 2. The number of carboxylic acid groups (broad SMARTS) is 1. The number of sulfonamides is 1. The molecule has 0 saturated carbocycles. The van der Waals surface area contributed by atoms with Crippen LogP contribution in [0.15, 0.2) is 40.6 Å². The van der Waals surface area contributed by atoms with Crippen LogP contribution in [0.2, 0.25) is 0 Å². The van der Waals surface area contributed by atoms with E-state index in [4.69, 9.17) is 5.11 Å². The number of carbonyl (C=O) groups is 1. The number of fused-ring (bicyclic) bond motifs is 1. The van der Waals surface area contributed by atoms with Crippen LogP contribution in [0.3, 0.4) is 0 Å². The van der Waals surface area contributed by atoms with Crippen molar-refractivity contribution in [1.82, 2.24) is 14.3 Å². The minimum Gasteiger partial charge on any atom is -0.477 e. The van der Waals surface area contributed by atoms with Gasteiger partial charge >= 0.3 is 12.5 Å². The number of thiophene rings is 1. The Bertz CT molecular complexity index is 1080. The Morgan fingerprint density at radius 1 is 1.31 bits per heavy atom. The van der Waals surface area contributed by atoms with Gasteiger partial charge in [-0.3, -0.25) is 4.57 Å². The Balaban J connectivity index is 2.01. The highest BCUT2D eigenvalue weighted by molar-refractivity contribution is 7.89. The molecule has 0 spiro atoms. The lowest BCUT2D eigenvalue weighted by Gasteiger charge is -2.16. The highest BCUT2D eigenvalue weighted by Crippen LogP contribution is 2.28. The first-order valence-corrected chi connectivity index (χ1v) is 9.67. The Morgan fingerprint density at radius 3 is 2.65 bits per heavy atom. The smallest absolute Gasteiger partial charge is 0.347 e. The molecule has 1 unspecified atom stereocenters. The number of hydrogen-bond acceptors (Lipinski definition) is 5. The fourth-order valence-electron chi connectivity index (χ4n) is 2.59. The van der Waals surface area contributed by atoms with E-state index >= 15 is 0 Å². The maximum absolute atomic E-state index is 13.5. The summed E-state index contributed by atoms with van der Waals surface area (Å²) in [5.41, 5.74) is 0.473. The fourth-order valence-corrected chi connectivity index (χ4v) is 5.05. The molecule has 0 saturated heterocycles. The molecule has 0 radical (unpaired) electrons. The average Bonchev–Trinajstić information content (AvgIpc) is 3.19. The maximum Gasteiger partial charge on any atom is 0.347 e. The SMILES string of the molecule is CC(NS(=O)(=O)c1ccsc1C(=O)O)c1nc2ccccc2n1C(F)F. The van der Waals surface area contributed by atoms with Gasteiger partial charge in [-0.2, -0.15) is 8.78 Å². The third kappa shape index (κ3) is 3.20. The number of hydrogen-bond donors (Lipinski definition) is 2. The second kappa shape index (κ2) is 6.74. The third-order valence-corrected chi connectivity index (χ3v) is 6.27. The molecule has 0 amide bonds. The number of alkyl halides is 2. The van der Waals surface area contributed by atoms with Crippen LogP contribution >= 0.6 is 11.3 Å². The summed E-state index contributed by atoms with van der Waals surface area (Å²) in [5, 5.41) is 10.4. The van der Waals surface area contributed by atoms with E-state index in [0.717, 1.165) is 17.4 Å². The summed E-state index contributed by atoms with van der Waals surface area (Å²) < 4.78 is 54.9. The number of carboxylic acids is 1. The maximum atomic E-state index is 13.5. The molecule has 0 aliphatic carbocycles. The Hall–Kier alpha value is -2.37. The van der Waals surface area contributed by atoms with E-state index in [0.29, 0.717) is 10.1 Å². The van der Waals surface area contributed by atoms with Crippen LogP contribution in [0, 0.1) is 0 Å². The number of para-hydroxylation sites is 2. The largest absolute Gasteiger partial charge is 0.477 e. The molecule has 1 aromatic carbocycles. The van der Waals surface area contributed by atoms with Gasteiger partial charge in [0.15, 0.2) is 0 Å². The fraction of sp³-hybridized carbons (Fsp3) is 0.200. The molecule has 26 heavy (non-hydrogen) atoms. The van der Waals surface area contributed by atoms with E-state index in [1.54, 1.807) is 18.2 Å². The molecule has 1 atom stereocenters. The van der Waals surface area contributed by atoms with Gasteiger partial charge in [-0.15, -0.1) is 11.3 Å². The summed E-state index contributed by atoms with van der Waals surface area (Å²) in [6, 6.07) is 6.25. The number of rotatable bonds is 6. The predicted octanol–water partition coefficient (Wildman–Crippen LogP) is 3.23. The van der Waals surface area contributed by atoms with Gasteiger partial charge < -0.3 is 5.11 Å². The van der Waals surface area contributed by atoms with Crippen LogP contribution < -0.4 is 4.72 Å². The lowest BCUT2D eigenvalue weighted by Crippen LogP contribution is -2.29.